The Morgan fingerprint density at radius 2 is 2.13 bits per heavy atom. The minimum atomic E-state index is -0.245. The summed E-state index contributed by atoms with van der Waals surface area (Å²) in [6, 6.07) is 7.81. The van der Waals surface area contributed by atoms with Crippen molar-refractivity contribution in [2.75, 3.05) is 13.2 Å². The maximum Gasteiger partial charge on any atom is 0.183 e. The van der Waals surface area contributed by atoms with Crippen LogP contribution >= 0.6 is 0 Å². The summed E-state index contributed by atoms with van der Waals surface area (Å²) in [5.74, 6) is 5.10. The number of benzene rings is 1. The minimum Gasteiger partial charge on any atom is -0.348 e. The van der Waals surface area contributed by atoms with Crippen LogP contribution in [-0.4, -0.2) is 19.4 Å². The summed E-state index contributed by atoms with van der Waals surface area (Å²) in [4.78, 5) is 0. The highest BCUT2D eigenvalue weighted by molar-refractivity contribution is 5.79. The Morgan fingerprint density at radius 3 is 2.87 bits per heavy atom. The summed E-state index contributed by atoms with van der Waals surface area (Å²) in [5.41, 5.74) is 1.96. The first-order valence-electron chi connectivity index (χ1n) is 4.96. The Balaban J connectivity index is 2.15. The standard InChI is InChI=1S/C11H14N2O2/c12-13-8-9-3-1-4-10(7-9)11-14-5-2-6-15-11/h1,3-4,7-8,11H,2,5-6,12H2. The molecule has 4 nitrogen and oxygen atoms in total. The normalized spacial score (nSPS) is 18.4. The quantitative estimate of drug-likeness (QED) is 0.452. The SMILES string of the molecule is NN=Cc1cccc(C2OCCCO2)c1. The molecule has 0 radical (unpaired) electrons. The van der Waals surface area contributed by atoms with Gasteiger partial charge in [-0.05, 0) is 18.1 Å². The summed E-state index contributed by atoms with van der Waals surface area (Å²) in [5, 5.41) is 3.49. The third-order valence-corrected chi connectivity index (χ3v) is 2.23. The average molecular weight is 206 g/mol. The Kier molecular flexibility index (Phi) is 3.32. The van der Waals surface area contributed by atoms with Crippen LogP contribution in [0.3, 0.4) is 0 Å². The van der Waals surface area contributed by atoms with E-state index in [4.69, 9.17) is 15.3 Å². The van der Waals surface area contributed by atoms with Crippen LogP contribution in [0.15, 0.2) is 29.4 Å². The zero-order valence-electron chi connectivity index (χ0n) is 8.43. The van der Waals surface area contributed by atoms with Crippen molar-refractivity contribution < 1.29 is 9.47 Å². The van der Waals surface area contributed by atoms with E-state index in [0.717, 1.165) is 30.8 Å². The van der Waals surface area contributed by atoms with E-state index in [0.29, 0.717) is 0 Å². The first kappa shape index (κ1) is 10.1. The monoisotopic (exact) mass is 206 g/mol. The van der Waals surface area contributed by atoms with Crippen LogP contribution in [0.1, 0.15) is 23.8 Å². The highest BCUT2D eigenvalue weighted by Crippen LogP contribution is 2.22. The van der Waals surface area contributed by atoms with Crippen molar-refractivity contribution in [2.24, 2.45) is 10.9 Å². The molecule has 1 aliphatic heterocycles. The number of nitrogens with two attached hydrogens (primary N) is 1. The van der Waals surface area contributed by atoms with E-state index in [2.05, 4.69) is 5.10 Å². The fraction of sp³-hybridized carbons (Fsp3) is 0.364. The summed E-state index contributed by atoms with van der Waals surface area (Å²) < 4.78 is 11.0. The molecule has 4 heteroatoms. The highest BCUT2D eigenvalue weighted by Gasteiger charge is 2.16. The zero-order valence-corrected chi connectivity index (χ0v) is 8.43. The van der Waals surface area contributed by atoms with Crippen molar-refractivity contribution in [3.05, 3.63) is 35.4 Å². The average Bonchev–Trinajstić information content (AvgIpc) is 2.31. The number of rotatable bonds is 2. The molecule has 2 rings (SSSR count). The van der Waals surface area contributed by atoms with Crippen molar-refractivity contribution in [3.63, 3.8) is 0 Å². The molecule has 1 aromatic rings. The van der Waals surface area contributed by atoms with Crippen molar-refractivity contribution >= 4 is 6.21 Å². The fourth-order valence-electron chi connectivity index (χ4n) is 1.55. The van der Waals surface area contributed by atoms with Crippen molar-refractivity contribution in [1.82, 2.24) is 0 Å². The maximum atomic E-state index is 5.50. The largest absolute Gasteiger partial charge is 0.348 e. The molecule has 0 unspecified atom stereocenters. The molecule has 1 aliphatic rings. The molecule has 1 heterocycles. The number of hydrogen-bond donors (Lipinski definition) is 1. The van der Waals surface area contributed by atoms with Gasteiger partial charge in [-0.2, -0.15) is 5.10 Å². The van der Waals surface area contributed by atoms with Crippen LogP contribution in [0.5, 0.6) is 0 Å². The predicted molar refractivity (Wildman–Crippen MR) is 57.5 cm³/mol. The molecule has 0 saturated carbocycles. The molecule has 0 bridgehead atoms. The van der Waals surface area contributed by atoms with Gasteiger partial charge in [0.05, 0.1) is 19.4 Å². The molecule has 1 aromatic carbocycles. The Hall–Kier alpha value is -1.39. The van der Waals surface area contributed by atoms with E-state index in [1.807, 2.05) is 24.3 Å². The van der Waals surface area contributed by atoms with E-state index >= 15 is 0 Å². The van der Waals surface area contributed by atoms with Crippen molar-refractivity contribution in [3.8, 4) is 0 Å². The molecule has 1 fully saturated rings. The Bertz CT molecular complexity index is 346. The van der Waals surface area contributed by atoms with E-state index in [1.54, 1.807) is 6.21 Å². The van der Waals surface area contributed by atoms with Gasteiger partial charge in [0.25, 0.3) is 0 Å². The van der Waals surface area contributed by atoms with Crippen LogP contribution in [0, 0.1) is 0 Å². The molecule has 1 saturated heterocycles. The number of nitrogens with zero attached hydrogens (tertiary/aromatic N) is 1. The molecule has 0 aromatic heterocycles. The van der Waals surface area contributed by atoms with Crippen LogP contribution in [-0.2, 0) is 9.47 Å². The molecule has 80 valence electrons. The summed E-state index contributed by atoms with van der Waals surface area (Å²) in [6.07, 6.45) is 2.32. The maximum absolute atomic E-state index is 5.50. The summed E-state index contributed by atoms with van der Waals surface area (Å²) in [6.45, 7) is 1.50. The van der Waals surface area contributed by atoms with Gasteiger partial charge in [0.15, 0.2) is 6.29 Å². The molecule has 0 amide bonds. The van der Waals surface area contributed by atoms with Gasteiger partial charge >= 0.3 is 0 Å². The second-order valence-electron chi connectivity index (χ2n) is 3.38. The third kappa shape index (κ3) is 2.55. The number of hydrazone groups is 1. The first-order valence-corrected chi connectivity index (χ1v) is 4.96. The molecule has 2 N–H and O–H groups in total. The summed E-state index contributed by atoms with van der Waals surface area (Å²) >= 11 is 0. The first-order chi connectivity index (χ1) is 7.40. The lowest BCUT2D eigenvalue weighted by atomic mass is 10.1. The van der Waals surface area contributed by atoms with Crippen LogP contribution in [0.4, 0.5) is 0 Å². The van der Waals surface area contributed by atoms with Gasteiger partial charge in [0.1, 0.15) is 0 Å². The molecule has 0 aliphatic carbocycles. The van der Waals surface area contributed by atoms with Gasteiger partial charge in [-0.15, -0.1) is 0 Å². The minimum absolute atomic E-state index is 0.245. The number of ether oxygens (including phenoxy) is 2. The van der Waals surface area contributed by atoms with E-state index in [9.17, 15) is 0 Å². The van der Waals surface area contributed by atoms with Crippen molar-refractivity contribution in [1.29, 1.82) is 0 Å². The zero-order chi connectivity index (χ0) is 10.5. The van der Waals surface area contributed by atoms with E-state index in [1.165, 1.54) is 0 Å². The fourth-order valence-corrected chi connectivity index (χ4v) is 1.55. The van der Waals surface area contributed by atoms with Gasteiger partial charge in [-0.1, -0.05) is 18.2 Å². The molecule has 0 atom stereocenters. The molecule has 0 spiro atoms. The van der Waals surface area contributed by atoms with Crippen molar-refractivity contribution in [2.45, 2.75) is 12.7 Å². The number of hydrogen-bond acceptors (Lipinski definition) is 4. The van der Waals surface area contributed by atoms with Gasteiger partial charge in [0, 0.05) is 5.56 Å². The lowest BCUT2D eigenvalue weighted by Gasteiger charge is -2.23. The smallest absolute Gasteiger partial charge is 0.183 e. The topological polar surface area (TPSA) is 56.8 Å². The lowest BCUT2D eigenvalue weighted by Crippen LogP contribution is -2.17. The van der Waals surface area contributed by atoms with Gasteiger partial charge in [0.2, 0.25) is 0 Å². The summed E-state index contributed by atoms with van der Waals surface area (Å²) in [7, 11) is 0. The lowest BCUT2D eigenvalue weighted by molar-refractivity contribution is -0.183. The van der Waals surface area contributed by atoms with E-state index < -0.39 is 0 Å². The van der Waals surface area contributed by atoms with Crippen LogP contribution in [0.25, 0.3) is 0 Å². The molecular formula is C11H14N2O2. The van der Waals surface area contributed by atoms with E-state index in [-0.39, 0.29) is 6.29 Å². The van der Waals surface area contributed by atoms with Crippen LogP contribution in [0.2, 0.25) is 0 Å². The molecular weight excluding hydrogens is 192 g/mol. The van der Waals surface area contributed by atoms with Gasteiger partial charge in [-0.3, -0.25) is 0 Å². The second kappa shape index (κ2) is 4.91. The Labute approximate surface area is 88.7 Å². The Morgan fingerprint density at radius 1 is 1.33 bits per heavy atom. The third-order valence-electron chi connectivity index (χ3n) is 2.23. The second-order valence-corrected chi connectivity index (χ2v) is 3.38. The van der Waals surface area contributed by atoms with Crippen LogP contribution < -0.4 is 5.84 Å². The molecule has 15 heavy (non-hydrogen) atoms. The van der Waals surface area contributed by atoms with Gasteiger partial charge in [-0.25, -0.2) is 0 Å². The predicted octanol–water partition coefficient (Wildman–Crippen LogP) is 1.41. The highest BCUT2D eigenvalue weighted by atomic mass is 16.7. The van der Waals surface area contributed by atoms with Gasteiger partial charge < -0.3 is 15.3 Å².